The number of rotatable bonds is 1. The highest BCUT2D eigenvalue weighted by Gasteiger charge is 2.16. The van der Waals surface area contributed by atoms with Crippen LogP contribution >= 0.6 is 15.9 Å². The van der Waals surface area contributed by atoms with Gasteiger partial charge in [-0.1, -0.05) is 28.1 Å². The Balaban J connectivity index is 2.09. The van der Waals surface area contributed by atoms with Gasteiger partial charge < -0.3 is 10.6 Å². The number of benzene rings is 1. The van der Waals surface area contributed by atoms with Crippen LogP contribution in [0.2, 0.25) is 0 Å². The highest BCUT2D eigenvalue weighted by molar-refractivity contribution is 9.10. The molecule has 80 valence electrons. The summed E-state index contributed by atoms with van der Waals surface area (Å²) in [5.41, 5.74) is 1.21. The summed E-state index contributed by atoms with van der Waals surface area (Å²) in [6, 6.07) is 8.40. The van der Waals surface area contributed by atoms with Crippen molar-refractivity contribution in [2.75, 3.05) is 13.1 Å². The van der Waals surface area contributed by atoms with Crippen LogP contribution in [0.1, 0.15) is 18.0 Å². The minimum absolute atomic E-state index is 0.127. The number of hydrogen-bond acceptors (Lipinski definition) is 2. The zero-order chi connectivity index (χ0) is 10.7. The Morgan fingerprint density at radius 1 is 1.27 bits per heavy atom. The van der Waals surface area contributed by atoms with Gasteiger partial charge in [0.1, 0.15) is 0 Å². The molecule has 1 saturated heterocycles. The Kier molecular flexibility index (Phi) is 3.38. The molecule has 0 aliphatic carbocycles. The molecule has 1 aromatic rings. The van der Waals surface area contributed by atoms with E-state index in [1.807, 2.05) is 12.1 Å². The van der Waals surface area contributed by atoms with Gasteiger partial charge in [-0.15, -0.1) is 0 Å². The molecule has 1 aromatic carbocycles. The molecule has 0 radical (unpaired) electrons. The summed E-state index contributed by atoms with van der Waals surface area (Å²) >= 11 is 3.40. The fourth-order valence-electron chi connectivity index (χ4n) is 1.67. The van der Waals surface area contributed by atoms with E-state index in [1.54, 1.807) is 0 Å². The summed E-state index contributed by atoms with van der Waals surface area (Å²) in [5.74, 6) is 0.127. The second-order valence-electron chi connectivity index (χ2n) is 3.61. The second-order valence-corrected chi connectivity index (χ2v) is 4.53. The zero-order valence-corrected chi connectivity index (χ0v) is 9.88. The first-order valence-corrected chi connectivity index (χ1v) is 5.80. The fourth-order valence-corrected chi connectivity index (χ4v) is 1.93. The molecule has 1 unspecified atom stereocenters. The monoisotopic (exact) mass is 268 g/mol. The Bertz CT molecular complexity index is 350. The van der Waals surface area contributed by atoms with Gasteiger partial charge in [-0.3, -0.25) is 4.79 Å². The third kappa shape index (κ3) is 2.79. The van der Waals surface area contributed by atoms with Crippen molar-refractivity contribution >= 4 is 21.8 Å². The first kappa shape index (κ1) is 10.6. The number of amides is 1. The minimum atomic E-state index is 0.127. The highest BCUT2D eigenvalue weighted by atomic mass is 79.9. The lowest BCUT2D eigenvalue weighted by Gasteiger charge is -2.15. The second kappa shape index (κ2) is 4.77. The van der Waals surface area contributed by atoms with E-state index in [9.17, 15) is 4.79 Å². The third-order valence-corrected chi connectivity index (χ3v) is 3.05. The molecule has 0 saturated carbocycles. The van der Waals surface area contributed by atoms with Crippen LogP contribution in [0.15, 0.2) is 28.7 Å². The number of hydrogen-bond donors (Lipinski definition) is 2. The van der Waals surface area contributed by atoms with E-state index in [-0.39, 0.29) is 11.9 Å². The summed E-state index contributed by atoms with van der Waals surface area (Å²) in [5, 5.41) is 6.24. The number of halogens is 1. The lowest BCUT2D eigenvalue weighted by molar-refractivity contribution is -0.120. The van der Waals surface area contributed by atoms with Crippen molar-refractivity contribution in [3.05, 3.63) is 34.3 Å². The van der Waals surface area contributed by atoms with Gasteiger partial charge in [0, 0.05) is 30.0 Å². The maximum atomic E-state index is 11.2. The average molecular weight is 269 g/mol. The van der Waals surface area contributed by atoms with E-state index in [0.29, 0.717) is 13.0 Å². The summed E-state index contributed by atoms with van der Waals surface area (Å²) in [4.78, 5) is 11.2. The van der Waals surface area contributed by atoms with Gasteiger partial charge in [-0.2, -0.15) is 0 Å². The van der Waals surface area contributed by atoms with Crippen LogP contribution in [0.5, 0.6) is 0 Å². The van der Waals surface area contributed by atoms with Crippen molar-refractivity contribution in [3.8, 4) is 0 Å². The topological polar surface area (TPSA) is 41.1 Å². The minimum Gasteiger partial charge on any atom is -0.354 e. The van der Waals surface area contributed by atoms with Crippen LogP contribution in [0.3, 0.4) is 0 Å². The van der Waals surface area contributed by atoms with Gasteiger partial charge in [0.25, 0.3) is 0 Å². The van der Waals surface area contributed by atoms with Crippen molar-refractivity contribution in [1.29, 1.82) is 0 Å². The molecule has 3 nitrogen and oxygen atoms in total. The zero-order valence-electron chi connectivity index (χ0n) is 8.29. The molecule has 2 rings (SSSR count). The lowest BCUT2D eigenvalue weighted by Crippen LogP contribution is -2.28. The maximum absolute atomic E-state index is 11.2. The van der Waals surface area contributed by atoms with Crippen LogP contribution in [0.25, 0.3) is 0 Å². The van der Waals surface area contributed by atoms with Gasteiger partial charge in [0.15, 0.2) is 0 Å². The fraction of sp³-hybridized carbons (Fsp3) is 0.364. The summed E-state index contributed by atoms with van der Waals surface area (Å²) in [7, 11) is 0. The average Bonchev–Trinajstić information content (AvgIpc) is 2.44. The maximum Gasteiger partial charge on any atom is 0.221 e. The van der Waals surface area contributed by atoms with Crippen LogP contribution in [0.4, 0.5) is 0 Å². The predicted octanol–water partition coefficient (Wildman–Crippen LogP) is 1.60. The largest absolute Gasteiger partial charge is 0.354 e. The SMILES string of the molecule is O=C1CCNC(c2ccc(Br)cc2)CN1. The van der Waals surface area contributed by atoms with Crippen molar-refractivity contribution in [1.82, 2.24) is 10.6 Å². The highest BCUT2D eigenvalue weighted by Crippen LogP contribution is 2.17. The molecular formula is C11H13BrN2O. The first-order chi connectivity index (χ1) is 7.25. The quantitative estimate of drug-likeness (QED) is 0.813. The molecule has 0 spiro atoms. The summed E-state index contributed by atoms with van der Waals surface area (Å²) in [6.07, 6.45) is 0.563. The van der Waals surface area contributed by atoms with Crippen LogP contribution < -0.4 is 10.6 Å². The van der Waals surface area contributed by atoms with Gasteiger partial charge in [0.2, 0.25) is 5.91 Å². The first-order valence-electron chi connectivity index (χ1n) is 5.01. The molecule has 0 aromatic heterocycles. The van der Waals surface area contributed by atoms with Gasteiger partial charge >= 0.3 is 0 Å². The summed E-state index contributed by atoms with van der Waals surface area (Å²) in [6.45, 7) is 1.41. The Morgan fingerprint density at radius 3 is 2.73 bits per heavy atom. The molecule has 1 atom stereocenters. The van der Waals surface area contributed by atoms with E-state index in [4.69, 9.17) is 0 Å². The molecule has 1 aliphatic heterocycles. The Labute approximate surface area is 97.4 Å². The van der Waals surface area contributed by atoms with E-state index in [0.717, 1.165) is 11.0 Å². The number of carbonyl (C=O) groups excluding carboxylic acids is 1. The smallest absolute Gasteiger partial charge is 0.221 e. The molecular weight excluding hydrogens is 256 g/mol. The number of nitrogens with one attached hydrogen (secondary N) is 2. The standard InChI is InChI=1S/C11H13BrN2O/c12-9-3-1-8(2-4-9)10-7-14-11(15)5-6-13-10/h1-4,10,13H,5-7H2,(H,14,15). The van der Waals surface area contributed by atoms with E-state index in [1.165, 1.54) is 5.56 Å². The summed E-state index contributed by atoms with van der Waals surface area (Å²) < 4.78 is 1.07. The molecule has 1 aliphatic rings. The molecule has 2 N–H and O–H groups in total. The third-order valence-electron chi connectivity index (χ3n) is 2.52. The van der Waals surface area contributed by atoms with Crippen LogP contribution in [0, 0.1) is 0 Å². The van der Waals surface area contributed by atoms with E-state index in [2.05, 4.69) is 38.7 Å². The molecule has 15 heavy (non-hydrogen) atoms. The Hall–Kier alpha value is -0.870. The molecule has 4 heteroatoms. The van der Waals surface area contributed by atoms with E-state index < -0.39 is 0 Å². The normalized spacial score (nSPS) is 21.9. The van der Waals surface area contributed by atoms with E-state index >= 15 is 0 Å². The van der Waals surface area contributed by atoms with Crippen molar-refractivity contribution in [2.24, 2.45) is 0 Å². The van der Waals surface area contributed by atoms with Crippen molar-refractivity contribution < 1.29 is 4.79 Å². The number of carbonyl (C=O) groups is 1. The van der Waals surface area contributed by atoms with Crippen LogP contribution in [-0.4, -0.2) is 19.0 Å². The van der Waals surface area contributed by atoms with Gasteiger partial charge in [-0.25, -0.2) is 0 Å². The lowest BCUT2D eigenvalue weighted by atomic mass is 10.1. The Morgan fingerprint density at radius 2 is 2.00 bits per heavy atom. The predicted molar refractivity (Wildman–Crippen MR) is 62.5 cm³/mol. The van der Waals surface area contributed by atoms with Crippen LogP contribution in [-0.2, 0) is 4.79 Å². The van der Waals surface area contributed by atoms with Gasteiger partial charge in [0.05, 0.1) is 0 Å². The molecule has 1 fully saturated rings. The molecule has 0 bridgehead atoms. The van der Waals surface area contributed by atoms with Crippen molar-refractivity contribution in [3.63, 3.8) is 0 Å². The molecule has 1 amide bonds. The molecule has 1 heterocycles. The van der Waals surface area contributed by atoms with Gasteiger partial charge in [-0.05, 0) is 17.7 Å². The van der Waals surface area contributed by atoms with Crippen molar-refractivity contribution in [2.45, 2.75) is 12.5 Å².